The molecule has 9 nitrogen and oxygen atoms in total. The lowest BCUT2D eigenvalue weighted by Crippen LogP contribution is -2.37. The zero-order valence-electron chi connectivity index (χ0n) is 20.3. The number of fused-ring (bicyclic) bond motifs is 2. The number of carbonyl (C=O) groups excluding carboxylic acids is 2. The number of imidazole rings is 1. The summed E-state index contributed by atoms with van der Waals surface area (Å²) in [5, 5.41) is 20.1. The average Bonchev–Trinajstić information content (AvgIpc) is 3.62. The van der Waals surface area contributed by atoms with Gasteiger partial charge in [0.05, 0.1) is 29.7 Å². The fourth-order valence-corrected chi connectivity index (χ4v) is 4.87. The van der Waals surface area contributed by atoms with Crippen LogP contribution in [0.1, 0.15) is 38.1 Å². The van der Waals surface area contributed by atoms with E-state index < -0.39 is 29.8 Å². The van der Waals surface area contributed by atoms with E-state index in [0.29, 0.717) is 12.1 Å². The summed E-state index contributed by atoms with van der Waals surface area (Å²) in [6, 6.07) is 16.2. The number of aryl methyl sites for hydroxylation is 1. The number of anilines is 1. The lowest BCUT2D eigenvalue weighted by molar-refractivity contribution is 0.0858. The molecule has 0 saturated heterocycles. The van der Waals surface area contributed by atoms with Gasteiger partial charge in [-0.25, -0.2) is 9.37 Å². The molecule has 10 heteroatoms. The molecule has 2 aromatic carbocycles. The quantitative estimate of drug-likeness (QED) is 0.335. The van der Waals surface area contributed by atoms with Crippen LogP contribution in [0.3, 0.4) is 0 Å². The van der Waals surface area contributed by atoms with Crippen LogP contribution in [0.2, 0.25) is 0 Å². The van der Waals surface area contributed by atoms with E-state index >= 15 is 0 Å². The van der Waals surface area contributed by atoms with Crippen LogP contribution in [0.15, 0.2) is 79.3 Å². The molecule has 6 rings (SSSR count). The van der Waals surface area contributed by atoms with Gasteiger partial charge in [0.15, 0.2) is 0 Å². The number of aromatic nitrogens is 4. The summed E-state index contributed by atoms with van der Waals surface area (Å²) >= 11 is 0. The van der Waals surface area contributed by atoms with E-state index in [1.54, 1.807) is 21.5 Å². The molecule has 0 aliphatic heterocycles. The number of benzene rings is 2. The Kier molecular flexibility index (Phi) is 5.73. The second-order valence-electron chi connectivity index (χ2n) is 9.20. The van der Waals surface area contributed by atoms with Gasteiger partial charge in [-0.15, -0.1) is 0 Å². The van der Waals surface area contributed by atoms with E-state index in [2.05, 4.69) is 20.7 Å². The number of aliphatic hydroxyl groups excluding tert-OH is 1. The molecule has 2 atom stereocenters. The molecule has 3 heterocycles. The SMILES string of the molecule is Cn1nccc1-c1ccn2c(C(=O)Nc3cc(C(=O)N[C@H]4Cc5ccccc5[C@H]4O)ccc3F)cnc2c1. The van der Waals surface area contributed by atoms with Gasteiger partial charge in [-0.2, -0.15) is 5.10 Å². The Bertz CT molecular complexity index is 1710. The van der Waals surface area contributed by atoms with Crippen molar-refractivity contribution in [3.8, 4) is 11.3 Å². The number of carbonyl (C=O) groups is 2. The van der Waals surface area contributed by atoms with Crippen LogP contribution in [0, 0.1) is 5.82 Å². The minimum atomic E-state index is -0.830. The summed E-state index contributed by atoms with van der Waals surface area (Å²) in [5.41, 5.74) is 4.30. The van der Waals surface area contributed by atoms with Crippen molar-refractivity contribution in [1.82, 2.24) is 24.5 Å². The number of hydrogen-bond donors (Lipinski definition) is 3. The topological polar surface area (TPSA) is 114 Å². The standard InChI is InChI=1S/C28H23FN6O3/c1-34-23(8-10-31-34)17-9-11-35-24(15-30-25(35)14-17)28(38)32-21-13-18(6-7-20(21)29)27(37)33-22-12-16-4-2-3-5-19(16)26(22)36/h2-11,13-15,22,26,36H,12H2,1H3,(H,32,38)(H,33,37)/t22-,26+/m0/s1. The largest absolute Gasteiger partial charge is 0.386 e. The van der Waals surface area contributed by atoms with Gasteiger partial charge in [0.1, 0.15) is 17.2 Å². The van der Waals surface area contributed by atoms with Gasteiger partial charge in [-0.1, -0.05) is 24.3 Å². The van der Waals surface area contributed by atoms with Gasteiger partial charge in [0, 0.05) is 30.6 Å². The van der Waals surface area contributed by atoms with Gasteiger partial charge in [-0.3, -0.25) is 18.7 Å². The van der Waals surface area contributed by atoms with Gasteiger partial charge < -0.3 is 15.7 Å². The van der Waals surface area contributed by atoms with E-state index in [4.69, 9.17) is 0 Å². The first-order valence-corrected chi connectivity index (χ1v) is 12.0. The third kappa shape index (κ3) is 4.10. The van der Waals surface area contributed by atoms with Crippen LogP contribution in [-0.4, -0.2) is 42.1 Å². The molecule has 190 valence electrons. The Morgan fingerprint density at radius 1 is 1.08 bits per heavy atom. The van der Waals surface area contributed by atoms with Crippen LogP contribution in [-0.2, 0) is 13.5 Å². The van der Waals surface area contributed by atoms with Gasteiger partial charge >= 0.3 is 0 Å². The minimum Gasteiger partial charge on any atom is -0.386 e. The molecule has 0 spiro atoms. The number of amides is 2. The lowest BCUT2D eigenvalue weighted by Gasteiger charge is -2.17. The molecule has 2 amide bonds. The van der Waals surface area contributed by atoms with Crippen LogP contribution >= 0.6 is 0 Å². The molecular formula is C28H23FN6O3. The van der Waals surface area contributed by atoms with Crippen LogP contribution in [0.4, 0.5) is 10.1 Å². The van der Waals surface area contributed by atoms with Crippen LogP contribution in [0.25, 0.3) is 16.9 Å². The summed E-state index contributed by atoms with van der Waals surface area (Å²) in [7, 11) is 1.84. The molecule has 5 aromatic rings. The Hall–Kier alpha value is -4.83. The second kappa shape index (κ2) is 9.24. The number of hydrogen-bond acceptors (Lipinski definition) is 5. The van der Waals surface area contributed by atoms with Gasteiger partial charge in [0.25, 0.3) is 11.8 Å². The Balaban J connectivity index is 1.20. The van der Waals surface area contributed by atoms with E-state index in [0.717, 1.165) is 28.5 Å². The number of pyridine rings is 1. The van der Waals surface area contributed by atoms with Crippen molar-refractivity contribution in [1.29, 1.82) is 0 Å². The van der Waals surface area contributed by atoms with Crippen LogP contribution in [0.5, 0.6) is 0 Å². The highest BCUT2D eigenvalue weighted by Gasteiger charge is 2.32. The fourth-order valence-electron chi connectivity index (χ4n) is 4.87. The highest BCUT2D eigenvalue weighted by Crippen LogP contribution is 2.31. The molecule has 0 saturated carbocycles. The zero-order chi connectivity index (χ0) is 26.4. The number of halogens is 1. The normalized spacial score (nSPS) is 16.4. The number of rotatable bonds is 5. The Labute approximate surface area is 216 Å². The van der Waals surface area contributed by atoms with E-state index in [9.17, 15) is 19.1 Å². The molecular weight excluding hydrogens is 487 g/mol. The van der Waals surface area contributed by atoms with Gasteiger partial charge in [0.2, 0.25) is 0 Å². The number of nitrogens with one attached hydrogen (secondary N) is 2. The summed E-state index contributed by atoms with van der Waals surface area (Å²) < 4.78 is 18.0. The Morgan fingerprint density at radius 3 is 2.71 bits per heavy atom. The third-order valence-corrected chi connectivity index (χ3v) is 6.85. The third-order valence-electron chi connectivity index (χ3n) is 6.85. The molecule has 3 aromatic heterocycles. The van der Waals surface area contributed by atoms with E-state index in [1.165, 1.54) is 18.3 Å². The average molecular weight is 511 g/mol. The predicted octanol–water partition coefficient (Wildman–Crippen LogP) is 3.51. The molecule has 0 unspecified atom stereocenters. The fraction of sp³-hybridized carbons (Fsp3) is 0.143. The molecule has 0 bridgehead atoms. The first-order valence-electron chi connectivity index (χ1n) is 12.0. The maximum atomic E-state index is 14.6. The highest BCUT2D eigenvalue weighted by molar-refractivity contribution is 6.04. The van der Waals surface area contributed by atoms with Crippen LogP contribution < -0.4 is 10.6 Å². The van der Waals surface area contributed by atoms with Crippen molar-refractivity contribution in [2.24, 2.45) is 7.05 Å². The van der Waals surface area contributed by atoms with Gasteiger partial charge in [-0.05, 0) is 53.9 Å². The van der Waals surface area contributed by atoms with Crippen molar-refractivity contribution in [3.63, 3.8) is 0 Å². The molecule has 1 aliphatic carbocycles. The molecule has 0 fully saturated rings. The van der Waals surface area contributed by atoms with E-state index in [-0.39, 0.29) is 16.9 Å². The highest BCUT2D eigenvalue weighted by atomic mass is 19.1. The van der Waals surface area contributed by atoms with Crippen molar-refractivity contribution in [3.05, 3.63) is 107 Å². The summed E-state index contributed by atoms with van der Waals surface area (Å²) in [6.45, 7) is 0. The second-order valence-corrected chi connectivity index (χ2v) is 9.20. The first kappa shape index (κ1) is 23.6. The Morgan fingerprint density at radius 2 is 1.92 bits per heavy atom. The lowest BCUT2D eigenvalue weighted by atomic mass is 10.1. The monoisotopic (exact) mass is 510 g/mol. The maximum Gasteiger partial charge on any atom is 0.274 e. The van der Waals surface area contributed by atoms with E-state index in [1.807, 2.05) is 49.5 Å². The van der Waals surface area contributed by atoms with Crippen molar-refractivity contribution < 1.29 is 19.1 Å². The number of aliphatic hydroxyl groups is 1. The zero-order valence-corrected chi connectivity index (χ0v) is 20.3. The first-order chi connectivity index (χ1) is 18.4. The maximum absolute atomic E-state index is 14.6. The molecule has 38 heavy (non-hydrogen) atoms. The summed E-state index contributed by atoms with van der Waals surface area (Å²) in [6.07, 6.45) is 4.48. The predicted molar refractivity (Wildman–Crippen MR) is 138 cm³/mol. The molecule has 0 radical (unpaired) electrons. The van der Waals surface area contributed by atoms with Crippen molar-refractivity contribution in [2.75, 3.05) is 5.32 Å². The smallest absolute Gasteiger partial charge is 0.274 e. The molecule has 3 N–H and O–H groups in total. The summed E-state index contributed by atoms with van der Waals surface area (Å²) in [5.74, 6) is -1.74. The van der Waals surface area contributed by atoms with Crippen molar-refractivity contribution in [2.45, 2.75) is 18.6 Å². The minimum absolute atomic E-state index is 0.139. The number of nitrogens with zero attached hydrogens (tertiary/aromatic N) is 4. The molecule has 1 aliphatic rings. The van der Waals surface area contributed by atoms with Crippen molar-refractivity contribution >= 4 is 23.1 Å². The summed E-state index contributed by atoms with van der Waals surface area (Å²) in [4.78, 5) is 30.3.